The molecule has 0 aliphatic heterocycles. The Hall–Kier alpha value is -0.610. The zero-order chi connectivity index (χ0) is 13.5. The Morgan fingerprint density at radius 1 is 1.56 bits per heavy atom. The van der Waals surface area contributed by atoms with Crippen LogP contribution in [0, 0.1) is 11.7 Å². The van der Waals surface area contributed by atoms with Gasteiger partial charge >= 0.3 is 0 Å². The van der Waals surface area contributed by atoms with Crippen LogP contribution >= 0.6 is 27.5 Å². The molecule has 1 aromatic carbocycles. The largest absolute Gasteiger partial charge is 0.352 e. The Labute approximate surface area is 120 Å². The molecule has 1 amide bonds. The highest BCUT2D eigenvalue weighted by molar-refractivity contribution is 9.09. The number of alkyl halides is 1. The van der Waals surface area contributed by atoms with Gasteiger partial charge in [0.15, 0.2) is 0 Å². The van der Waals surface area contributed by atoms with Crippen molar-refractivity contribution in [1.82, 2.24) is 5.32 Å². The maximum absolute atomic E-state index is 13.2. The molecule has 1 N–H and O–H groups in total. The van der Waals surface area contributed by atoms with E-state index < -0.39 is 5.82 Å². The fourth-order valence-corrected chi connectivity index (χ4v) is 2.48. The number of halogens is 3. The zero-order valence-corrected chi connectivity index (χ0v) is 12.5. The van der Waals surface area contributed by atoms with Gasteiger partial charge in [-0.15, -0.1) is 0 Å². The maximum Gasteiger partial charge on any atom is 0.252 e. The fraction of sp³-hybridized carbons (Fsp3) is 0.462. The monoisotopic (exact) mass is 335 g/mol. The molecule has 0 aliphatic rings. The predicted molar refractivity (Wildman–Crippen MR) is 75.9 cm³/mol. The Bertz CT molecular complexity index is 414. The number of carbonyl (C=O) groups excluding carboxylic acids is 1. The molecule has 1 aromatic rings. The molecule has 0 fully saturated rings. The lowest BCUT2D eigenvalue weighted by Gasteiger charge is -2.14. The molecule has 0 aliphatic carbocycles. The lowest BCUT2D eigenvalue weighted by atomic mass is 10.0. The highest BCUT2D eigenvalue weighted by atomic mass is 79.9. The molecule has 1 rings (SSSR count). The van der Waals surface area contributed by atoms with Crippen molar-refractivity contribution in [3.8, 4) is 0 Å². The Kier molecular flexibility index (Phi) is 6.65. The summed E-state index contributed by atoms with van der Waals surface area (Å²) in [6.07, 6.45) is 1.98. The topological polar surface area (TPSA) is 29.1 Å². The van der Waals surface area contributed by atoms with E-state index in [2.05, 4.69) is 28.2 Å². The third-order valence-electron chi connectivity index (χ3n) is 2.84. The Morgan fingerprint density at radius 2 is 2.28 bits per heavy atom. The molecule has 0 saturated heterocycles. The fourth-order valence-electron chi connectivity index (χ4n) is 1.62. The lowest BCUT2D eigenvalue weighted by Crippen LogP contribution is -2.29. The molecule has 5 heteroatoms. The quantitative estimate of drug-likeness (QED) is 0.781. The summed E-state index contributed by atoms with van der Waals surface area (Å²) < 4.78 is 13.2. The van der Waals surface area contributed by atoms with E-state index in [0.717, 1.165) is 18.2 Å². The molecule has 1 unspecified atom stereocenters. The molecular weight excluding hydrogens is 321 g/mol. The van der Waals surface area contributed by atoms with E-state index >= 15 is 0 Å². The first-order chi connectivity index (χ1) is 8.60. The predicted octanol–water partition coefficient (Wildman–Crippen LogP) is 4.02. The third kappa shape index (κ3) is 4.25. The molecule has 0 bridgehead atoms. The summed E-state index contributed by atoms with van der Waals surface area (Å²) >= 11 is 9.14. The SMILES string of the molecule is CCC(CCBr)CNC(=O)c1cccc(F)c1Cl. The molecule has 2 nitrogen and oxygen atoms in total. The second-order valence-electron chi connectivity index (χ2n) is 4.06. The van der Waals surface area contributed by atoms with Crippen LogP contribution in [0.2, 0.25) is 5.02 Å². The number of hydrogen-bond donors (Lipinski definition) is 1. The maximum atomic E-state index is 13.2. The van der Waals surface area contributed by atoms with Crippen LogP contribution in [0.1, 0.15) is 30.1 Å². The van der Waals surface area contributed by atoms with E-state index in [4.69, 9.17) is 11.6 Å². The number of benzene rings is 1. The highest BCUT2D eigenvalue weighted by Gasteiger charge is 2.14. The van der Waals surface area contributed by atoms with Crippen LogP contribution in [0.5, 0.6) is 0 Å². The second kappa shape index (κ2) is 7.74. The molecule has 0 heterocycles. The van der Waals surface area contributed by atoms with Crippen LogP contribution in [0.25, 0.3) is 0 Å². The van der Waals surface area contributed by atoms with Gasteiger partial charge in [-0.1, -0.05) is 46.9 Å². The van der Waals surface area contributed by atoms with E-state index in [1.165, 1.54) is 18.2 Å². The van der Waals surface area contributed by atoms with Gasteiger partial charge in [0.05, 0.1) is 10.6 Å². The van der Waals surface area contributed by atoms with Gasteiger partial charge in [0, 0.05) is 11.9 Å². The summed E-state index contributed by atoms with van der Waals surface area (Å²) in [5, 5.41) is 3.58. The van der Waals surface area contributed by atoms with Gasteiger partial charge in [-0.05, 0) is 24.5 Å². The van der Waals surface area contributed by atoms with E-state index in [-0.39, 0.29) is 16.5 Å². The van der Waals surface area contributed by atoms with Crippen LogP contribution in [0.15, 0.2) is 18.2 Å². The average molecular weight is 337 g/mol. The van der Waals surface area contributed by atoms with Crippen molar-refractivity contribution in [2.75, 3.05) is 11.9 Å². The van der Waals surface area contributed by atoms with E-state index in [1.807, 2.05) is 0 Å². The zero-order valence-electron chi connectivity index (χ0n) is 10.2. The number of hydrogen-bond acceptors (Lipinski definition) is 1. The molecule has 18 heavy (non-hydrogen) atoms. The minimum atomic E-state index is -0.572. The minimum Gasteiger partial charge on any atom is -0.352 e. The lowest BCUT2D eigenvalue weighted by molar-refractivity contribution is 0.0946. The van der Waals surface area contributed by atoms with Crippen LogP contribution in [0.4, 0.5) is 4.39 Å². The molecule has 1 atom stereocenters. The van der Waals surface area contributed by atoms with Crippen molar-refractivity contribution in [1.29, 1.82) is 0 Å². The first-order valence-corrected chi connectivity index (χ1v) is 7.38. The van der Waals surface area contributed by atoms with Crippen LogP contribution in [-0.2, 0) is 0 Å². The van der Waals surface area contributed by atoms with Crippen molar-refractivity contribution in [3.05, 3.63) is 34.6 Å². The van der Waals surface area contributed by atoms with Crippen LogP contribution in [0.3, 0.4) is 0 Å². The smallest absolute Gasteiger partial charge is 0.252 e. The molecule has 100 valence electrons. The van der Waals surface area contributed by atoms with Crippen LogP contribution < -0.4 is 5.32 Å². The van der Waals surface area contributed by atoms with Crippen molar-refractivity contribution < 1.29 is 9.18 Å². The van der Waals surface area contributed by atoms with Crippen molar-refractivity contribution in [2.24, 2.45) is 5.92 Å². The van der Waals surface area contributed by atoms with E-state index in [0.29, 0.717) is 12.5 Å². The first kappa shape index (κ1) is 15.4. The van der Waals surface area contributed by atoms with Crippen molar-refractivity contribution in [3.63, 3.8) is 0 Å². The van der Waals surface area contributed by atoms with Crippen molar-refractivity contribution in [2.45, 2.75) is 19.8 Å². The molecule has 0 aromatic heterocycles. The van der Waals surface area contributed by atoms with Gasteiger partial charge < -0.3 is 5.32 Å². The Morgan fingerprint density at radius 3 is 2.89 bits per heavy atom. The van der Waals surface area contributed by atoms with Crippen molar-refractivity contribution >= 4 is 33.4 Å². The summed E-state index contributed by atoms with van der Waals surface area (Å²) in [6.45, 7) is 2.66. The summed E-state index contributed by atoms with van der Waals surface area (Å²) in [5.74, 6) is -0.481. The summed E-state index contributed by atoms with van der Waals surface area (Å²) in [6, 6.07) is 4.23. The van der Waals surface area contributed by atoms with Crippen LogP contribution in [-0.4, -0.2) is 17.8 Å². The summed E-state index contributed by atoms with van der Waals surface area (Å²) in [5.41, 5.74) is 0.186. The van der Waals surface area contributed by atoms with Gasteiger partial charge in [-0.3, -0.25) is 4.79 Å². The minimum absolute atomic E-state index is 0.122. The number of rotatable bonds is 6. The summed E-state index contributed by atoms with van der Waals surface area (Å²) in [4.78, 5) is 11.9. The van der Waals surface area contributed by atoms with E-state index in [9.17, 15) is 9.18 Å². The second-order valence-corrected chi connectivity index (χ2v) is 5.23. The van der Waals surface area contributed by atoms with Gasteiger partial charge in [-0.25, -0.2) is 4.39 Å². The third-order valence-corrected chi connectivity index (χ3v) is 3.68. The van der Waals surface area contributed by atoms with Gasteiger partial charge in [0.25, 0.3) is 5.91 Å². The first-order valence-electron chi connectivity index (χ1n) is 5.88. The average Bonchev–Trinajstić information content (AvgIpc) is 2.37. The van der Waals surface area contributed by atoms with E-state index in [1.54, 1.807) is 0 Å². The summed E-state index contributed by atoms with van der Waals surface area (Å²) in [7, 11) is 0. The molecule has 0 saturated carbocycles. The number of nitrogens with one attached hydrogen (secondary N) is 1. The number of amides is 1. The van der Waals surface area contributed by atoms with Gasteiger partial charge in [0.1, 0.15) is 5.82 Å². The molecular formula is C13H16BrClFNO. The molecule has 0 spiro atoms. The van der Waals surface area contributed by atoms with Gasteiger partial charge in [-0.2, -0.15) is 0 Å². The highest BCUT2D eigenvalue weighted by Crippen LogP contribution is 2.19. The molecule has 0 radical (unpaired) electrons. The normalized spacial score (nSPS) is 12.2. The number of carbonyl (C=O) groups is 1. The Balaban J connectivity index is 2.62. The van der Waals surface area contributed by atoms with Gasteiger partial charge in [0.2, 0.25) is 0 Å². The standard InChI is InChI=1S/C13H16BrClFNO/c1-2-9(6-7-14)8-17-13(18)10-4-3-5-11(16)12(10)15/h3-5,9H,2,6-8H2,1H3,(H,17,18).